The lowest BCUT2D eigenvalue weighted by atomic mass is 9.96. The summed E-state index contributed by atoms with van der Waals surface area (Å²) in [4.78, 5) is 24.4. The van der Waals surface area contributed by atoms with E-state index < -0.39 is 10.0 Å². The first-order valence-electron chi connectivity index (χ1n) is 11.4. The molecule has 0 aromatic heterocycles. The minimum absolute atomic E-state index is 0.0745. The highest BCUT2D eigenvalue weighted by atomic mass is 32.2. The second-order valence-corrected chi connectivity index (χ2v) is 10.7. The molecule has 174 valence electrons. The summed E-state index contributed by atoms with van der Waals surface area (Å²) in [5.41, 5.74) is 2.41. The van der Waals surface area contributed by atoms with E-state index in [2.05, 4.69) is 16.7 Å². The number of hydrogen-bond donors (Lipinski definition) is 2. The molecule has 32 heavy (non-hydrogen) atoms. The van der Waals surface area contributed by atoms with Crippen LogP contribution in [-0.4, -0.2) is 50.8 Å². The fourth-order valence-electron chi connectivity index (χ4n) is 4.63. The van der Waals surface area contributed by atoms with Crippen molar-refractivity contribution in [3.63, 3.8) is 0 Å². The molecule has 1 aromatic rings. The summed E-state index contributed by atoms with van der Waals surface area (Å²) in [7, 11) is -3.79. The van der Waals surface area contributed by atoms with Gasteiger partial charge in [-0.15, -0.1) is 0 Å². The minimum atomic E-state index is -3.79. The number of carbonyl (C=O) groups excluding carboxylic acids is 2. The molecule has 1 atom stereocenters. The van der Waals surface area contributed by atoms with Gasteiger partial charge in [-0.1, -0.05) is 11.6 Å². The van der Waals surface area contributed by atoms with Gasteiger partial charge in [-0.05, 0) is 63.5 Å². The largest absolute Gasteiger partial charge is 0.482 e. The summed E-state index contributed by atoms with van der Waals surface area (Å²) in [6.45, 7) is 2.71. The Bertz CT molecular complexity index is 1030. The number of anilines is 1. The van der Waals surface area contributed by atoms with E-state index in [0.717, 1.165) is 19.3 Å². The van der Waals surface area contributed by atoms with Crippen LogP contribution < -0.4 is 15.4 Å². The lowest BCUT2D eigenvalue weighted by Gasteiger charge is -2.32. The summed E-state index contributed by atoms with van der Waals surface area (Å²) < 4.78 is 33.6. The number of amides is 2. The third-order valence-corrected chi connectivity index (χ3v) is 8.42. The molecule has 0 bridgehead atoms. The Morgan fingerprint density at radius 1 is 1.28 bits per heavy atom. The van der Waals surface area contributed by atoms with E-state index >= 15 is 0 Å². The molecule has 0 radical (unpaired) electrons. The maximum atomic E-state index is 13.4. The second kappa shape index (κ2) is 9.62. The molecule has 1 fully saturated rings. The predicted octanol–water partition coefficient (Wildman–Crippen LogP) is 2.73. The Hall–Kier alpha value is -2.39. The van der Waals surface area contributed by atoms with Crippen LogP contribution in [0.1, 0.15) is 50.5 Å². The van der Waals surface area contributed by atoms with Crippen molar-refractivity contribution in [3.8, 4) is 5.75 Å². The maximum absolute atomic E-state index is 13.4. The summed E-state index contributed by atoms with van der Waals surface area (Å²) in [5, 5.41) is 5.70. The van der Waals surface area contributed by atoms with Crippen molar-refractivity contribution in [2.75, 3.05) is 31.6 Å². The third-order valence-electron chi connectivity index (χ3n) is 6.41. The monoisotopic (exact) mass is 461 g/mol. The minimum Gasteiger partial charge on any atom is -0.482 e. The van der Waals surface area contributed by atoms with E-state index in [0.29, 0.717) is 42.9 Å². The Kier molecular flexibility index (Phi) is 6.85. The van der Waals surface area contributed by atoms with Gasteiger partial charge in [0.25, 0.3) is 5.91 Å². The van der Waals surface area contributed by atoms with Gasteiger partial charge in [0.1, 0.15) is 5.75 Å². The van der Waals surface area contributed by atoms with E-state index in [1.54, 1.807) is 13.0 Å². The fourth-order valence-corrected chi connectivity index (χ4v) is 6.38. The zero-order chi connectivity index (χ0) is 22.7. The van der Waals surface area contributed by atoms with Crippen molar-refractivity contribution in [2.45, 2.75) is 56.8 Å². The lowest BCUT2D eigenvalue weighted by molar-refractivity contribution is -0.126. The van der Waals surface area contributed by atoms with Crippen LogP contribution in [0.4, 0.5) is 5.69 Å². The van der Waals surface area contributed by atoms with Crippen molar-refractivity contribution in [3.05, 3.63) is 29.3 Å². The number of aryl methyl sites for hydroxylation is 1. The molecule has 2 amide bonds. The maximum Gasteiger partial charge on any atom is 0.262 e. The van der Waals surface area contributed by atoms with E-state index in [-0.39, 0.29) is 35.8 Å². The predicted molar refractivity (Wildman–Crippen MR) is 121 cm³/mol. The quantitative estimate of drug-likeness (QED) is 0.634. The molecule has 1 aliphatic carbocycles. The molecule has 0 spiro atoms. The Balaban J connectivity index is 1.41. The summed E-state index contributed by atoms with van der Waals surface area (Å²) in [5.74, 6) is -0.351. The number of rotatable bonds is 6. The number of hydrogen-bond acceptors (Lipinski definition) is 5. The number of fused-ring (bicyclic) bond motifs is 1. The van der Waals surface area contributed by atoms with Gasteiger partial charge in [-0.3, -0.25) is 9.59 Å². The lowest BCUT2D eigenvalue weighted by Crippen LogP contribution is -2.45. The van der Waals surface area contributed by atoms with Gasteiger partial charge < -0.3 is 15.4 Å². The molecule has 1 aromatic carbocycles. The molecular formula is C23H31N3O5S. The molecule has 3 aliphatic rings. The highest BCUT2D eigenvalue weighted by molar-refractivity contribution is 7.89. The topological polar surface area (TPSA) is 105 Å². The molecule has 8 nitrogen and oxygen atoms in total. The summed E-state index contributed by atoms with van der Waals surface area (Å²) >= 11 is 0. The average molecular weight is 462 g/mol. The van der Waals surface area contributed by atoms with Crippen LogP contribution in [-0.2, 0) is 19.6 Å². The van der Waals surface area contributed by atoms with Gasteiger partial charge in [-0.25, -0.2) is 8.42 Å². The van der Waals surface area contributed by atoms with Crippen LogP contribution in [0.25, 0.3) is 0 Å². The van der Waals surface area contributed by atoms with E-state index in [1.807, 2.05) is 0 Å². The van der Waals surface area contributed by atoms with Gasteiger partial charge in [0.15, 0.2) is 6.61 Å². The summed E-state index contributed by atoms with van der Waals surface area (Å²) in [6.07, 6.45) is 9.16. The number of ether oxygens (including phenoxy) is 1. The fraction of sp³-hybridized carbons (Fsp3) is 0.565. The standard InChI is InChI=1S/C23H31N3O5S/c1-16-12-19-20(31-15-22(27)25-19)13-21(16)32(29,30)26-11-5-8-18(14-26)23(28)24-10-9-17-6-3-2-4-7-17/h6,12-13,18H,2-5,7-11,14-15H2,1H3,(H,24,28)(H,25,27)/t18-/m1/s1. The van der Waals surface area contributed by atoms with Crippen LogP contribution >= 0.6 is 0 Å². The molecule has 2 N–H and O–H groups in total. The molecule has 0 unspecified atom stereocenters. The first-order chi connectivity index (χ1) is 15.3. The highest BCUT2D eigenvalue weighted by Gasteiger charge is 2.35. The molecule has 4 rings (SSSR count). The van der Waals surface area contributed by atoms with Crippen molar-refractivity contribution in [1.82, 2.24) is 9.62 Å². The van der Waals surface area contributed by atoms with Gasteiger partial charge in [-0.2, -0.15) is 4.31 Å². The number of sulfonamides is 1. The van der Waals surface area contributed by atoms with Crippen LogP contribution in [0.2, 0.25) is 0 Å². The number of carbonyl (C=O) groups is 2. The zero-order valence-electron chi connectivity index (χ0n) is 18.5. The molecular weight excluding hydrogens is 430 g/mol. The smallest absolute Gasteiger partial charge is 0.262 e. The van der Waals surface area contributed by atoms with E-state index in [4.69, 9.17) is 4.74 Å². The van der Waals surface area contributed by atoms with Crippen LogP contribution in [0.3, 0.4) is 0 Å². The van der Waals surface area contributed by atoms with Crippen LogP contribution in [0.5, 0.6) is 5.75 Å². The number of nitrogens with zero attached hydrogens (tertiary/aromatic N) is 1. The van der Waals surface area contributed by atoms with Gasteiger partial charge >= 0.3 is 0 Å². The van der Waals surface area contributed by atoms with Crippen LogP contribution in [0.15, 0.2) is 28.7 Å². The van der Waals surface area contributed by atoms with E-state index in [9.17, 15) is 18.0 Å². The zero-order valence-corrected chi connectivity index (χ0v) is 19.3. The van der Waals surface area contributed by atoms with Gasteiger partial charge in [0.2, 0.25) is 15.9 Å². The summed E-state index contributed by atoms with van der Waals surface area (Å²) in [6, 6.07) is 3.09. The Labute approximate surface area is 189 Å². The highest BCUT2D eigenvalue weighted by Crippen LogP contribution is 2.35. The normalized spacial score (nSPS) is 21.7. The number of allylic oxidation sites excluding steroid dienone is 1. The van der Waals surface area contributed by atoms with Crippen molar-refractivity contribution in [2.24, 2.45) is 5.92 Å². The first kappa shape index (κ1) is 22.8. The Morgan fingerprint density at radius 3 is 2.91 bits per heavy atom. The first-order valence-corrected chi connectivity index (χ1v) is 12.8. The van der Waals surface area contributed by atoms with Crippen LogP contribution in [0, 0.1) is 12.8 Å². The Morgan fingerprint density at radius 2 is 2.12 bits per heavy atom. The molecule has 0 saturated carbocycles. The molecule has 2 heterocycles. The van der Waals surface area contributed by atoms with Gasteiger partial charge in [0.05, 0.1) is 16.5 Å². The third kappa shape index (κ3) is 4.99. The van der Waals surface area contributed by atoms with Crippen molar-refractivity contribution >= 4 is 27.5 Å². The molecule has 1 saturated heterocycles. The number of benzene rings is 1. The second-order valence-electron chi connectivity index (χ2n) is 8.80. The number of nitrogens with one attached hydrogen (secondary N) is 2. The molecule has 9 heteroatoms. The van der Waals surface area contributed by atoms with Crippen molar-refractivity contribution < 1.29 is 22.7 Å². The molecule has 2 aliphatic heterocycles. The van der Waals surface area contributed by atoms with Gasteiger partial charge in [0, 0.05) is 25.7 Å². The SMILES string of the molecule is Cc1cc2c(cc1S(=O)(=O)N1CCC[C@@H](C(=O)NCCC3=CCCCC3)C1)OCC(=O)N2. The number of piperidine rings is 1. The van der Waals surface area contributed by atoms with Crippen molar-refractivity contribution in [1.29, 1.82) is 0 Å². The average Bonchev–Trinajstić information content (AvgIpc) is 2.79. The van der Waals surface area contributed by atoms with E-state index in [1.165, 1.54) is 28.8 Å².